The van der Waals surface area contributed by atoms with Crippen LogP contribution in [0.2, 0.25) is 0 Å². The van der Waals surface area contributed by atoms with Crippen molar-refractivity contribution in [2.45, 2.75) is 23.9 Å². The molecule has 3 atom stereocenters. The van der Waals surface area contributed by atoms with Crippen LogP contribution in [0.25, 0.3) is 0 Å². The molecule has 0 unspecified atom stereocenters. The highest BCUT2D eigenvalue weighted by molar-refractivity contribution is 8.00. The summed E-state index contributed by atoms with van der Waals surface area (Å²) >= 11 is 2.50. The van der Waals surface area contributed by atoms with E-state index in [4.69, 9.17) is 15.3 Å². The third-order valence-electron chi connectivity index (χ3n) is 5.68. The van der Waals surface area contributed by atoms with E-state index in [1.807, 2.05) is 24.3 Å². The van der Waals surface area contributed by atoms with E-state index in [9.17, 15) is 19.5 Å². The van der Waals surface area contributed by atoms with E-state index in [0.29, 0.717) is 23.5 Å². The molecular formula is C21H19N5O6S2. The predicted molar refractivity (Wildman–Crippen MR) is 124 cm³/mol. The van der Waals surface area contributed by atoms with Crippen LogP contribution in [0.15, 0.2) is 46.1 Å². The summed E-state index contributed by atoms with van der Waals surface area (Å²) < 4.78 is 5.98. The van der Waals surface area contributed by atoms with Crippen LogP contribution < -0.4 is 15.8 Å². The summed E-state index contributed by atoms with van der Waals surface area (Å²) in [5.41, 5.74) is 7.17. The minimum Gasteiger partial charge on any atom is -0.485 e. The fourth-order valence-electron chi connectivity index (χ4n) is 4.17. The van der Waals surface area contributed by atoms with Crippen molar-refractivity contribution >= 4 is 51.7 Å². The van der Waals surface area contributed by atoms with E-state index < -0.39 is 35.3 Å². The number of benzene rings is 1. The van der Waals surface area contributed by atoms with Crippen LogP contribution in [0.5, 0.6) is 5.75 Å². The normalized spacial score (nSPS) is 23.6. The minimum atomic E-state index is -1.21. The van der Waals surface area contributed by atoms with Gasteiger partial charge < -0.3 is 25.7 Å². The number of carboxylic acids is 1. The number of ether oxygens (including phenoxy) is 1. The van der Waals surface area contributed by atoms with Gasteiger partial charge in [-0.2, -0.15) is 0 Å². The highest BCUT2D eigenvalue weighted by atomic mass is 32.2. The number of β-lactam (4-membered cyclic amide) rings is 1. The number of aromatic nitrogens is 1. The number of hydrogen-bond donors (Lipinski definition) is 3. The van der Waals surface area contributed by atoms with Crippen LogP contribution in [0.1, 0.15) is 11.3 Å². The number of aliphatic carboxylic acids is 1. The minimum absolute atomic E-state index is 0.0879. The van der Waals surface area contributed by atoms with Gasteiger partial charge in [-0.1, -0.05) is 23.4 Å². The third-order valence-corrected chi connectivity index (χ3v) is 7.66. The first-order chi connectivity index (χ1) is 16.4. The fraction of sp³-hybridized carbons (Fsp3) is 0.286. The number of rotatable bonds is 6. The third kappa shape index (κ3) is 3.66. The molecule has 0 radical (unpaired) electrons. The van der Waals surface area contributed by atoms with Gasteiger partial charge in [0, 0.05) is 23.1 Å². The second-order valence-electron chi connectivity index (χ2n) is 7.65. The molecule has 3 aliphatic heterocycles. The SMILES string of the molecule is CO/N=C(\C(=O)N[C@H]1C(=O)N2C(C(=O)O)=C([C@@H]3Cc4ccccc4O3)CS[C@H]12)c1csc(N)n1. The molecule has 176 valence electrons. The van der Waals surface area contributed by atoms with Crippen molar-refractivity contribution in [3.8, 4) is 5.75 Å². The first-order valence-electron chi connectivity index (χ1n) is 10.2. The molecule has 5 rings (SSSR count). The van der Waals surface area contributed by atoms with Crippen LogP contribution in [0, 0.1) is 0 Å². The lowest BCUT2D eigenvalue weighted by Gasteiger charge is -2.49. The zero-order valence-corrected chi connectivity index (χ0v) is 19.4. The topological polar surface area (TPSA) is 156 Å². The number of carbonyl (C=O) groups is 3. The molecule has 1 aromatic heterocycles. The van der Waals surface area contributed by atoms with Gasteiger partial charge in [0.2, 0.25) is 0 Å². The second-order valence-corrected chi connectivity index (χ2v) is 9.65. The molecule has 0 bridgehead atoms. The van der Waals surface area contributed by atoms with Crippen LogP contribution in [-0.4, -0.2) is 68.9 Å². The number of fused-ring (bicyclic) bond motifs is 2. The molecule has 4 heterocycles. The molecule has 2 amide bonds. The molecule has 0 spiro atoms. The smallest absolute Gasteiger partial charge is 0.352 e. The number of nitrogens with one attached hydrogen (secondary N) is 1. The Morgan fingerprint density at radius 3 is 2.85 bits per heavy atom. The first-order valence-corrected chi connectivity index (χ1v) is 12.1. The number of nitrogen functional groups attached to an aromatic ring is 1. The highest BCUT2D eigenvalue weighted by Crippen LogP contribution is 2.43. The Morgan fingerprint density at radius 1 is 1.38 bits per heavy atom. The maximum Gasteiger partial charge on any atom is 0.352 e. The number of thiazole rings is 1. The van der Waals surface area contributed by atoms with Crippen LogP contribution >= 0.6 is 23.1 Å². The van der Waals surface area contributed by atoms with E-state index in [1.54, 1.807) is 5.38 Å². The summed E-state index contributed by atoms with van der Waals surface area (Å²) in [5.74, 6) is -1.34. The van der Waals surface area contributed by atoms with E-state index in [-0.39, 0.29) is 22.2 Å². The Morgan fingerprint density at radius 2 is 2.18 bits per heavy atom. The number of anilines is 1. The Balaban J connectivity index is 1.36. The van der Waals surface area contributed by atoms with E-state index in [1.165, 1.54) is 23.8 Å². The van der Waals surface area contributed by atoms with Crippen molar-refractivity contribution in [3.63, 3.8) is 0 Å². The Kier molecular flexibility index (Phi) is 5.65. The predicted octanol–water partition coefficient (Wildman–Crippen LogP) is 0.818. The maximum atomic E-state index is 13.0. The summed E-state index contributed by atoms with van der Waals surface area (Å²) in [4.78, 5) is 48.0. The summed E-state index contributed by atoms with van der Waals surface area (Å²) in [6.45, 7) is 0. The van der Waals surface area contributed by atoms with Crippen molar-refractivity contribution in [1.29, 1.82) is 0 Å². The quantitative estimate of drug-likeness (QED) is 0.296. The Hall–Kier alpha value is -3.58. The van der Waals surface area contributed by atoms with E-state index >= 15 is 0 Å². The Labute approximate surface area is 201 Å². The van der Waals surface area contributed by atoms with Gasteiger partial charge in [-0.3, -0.25) is 14.5 Å². The molecule has 3 aliphatic rings. The number of oxime groups is 1. The van der Waals surface area contributed by atoms with Gasteiger partial charge in [0.25, 0.3) is 11.8 Å². The zero-order valence-electron chi connectivity index (χ0n) is 17.8. The maximum absolute atomic E-state index is 13.0. The summed E-state index contributed by atoms with van der Waals surface area (Å²) in [7, 11) is 1.28. The number of thioether (sulfide) groups is 1. The van der Waals surface area contributed by atoms with Crippen LogP contribution in [0.3, 0.4) is 0 Å². The van der Waals surface area contributed by atoms with E-state index in [0.717, 1.165) is 16.9 Å². The molecule has 4 N–H and O–H groups in total. The van der Waals surface area contributed by atoms with Crippen molar-refractivity contribution in [2.24, 2.45) is 5.16 Å². The van der Waals surface area contributed by atoms with Gasteiger partial charge in [-0.15, -0.1) is 23.1 Å². The van der Waals surface area contributed by atoms with Gasteiger partial charge in [0.05, 0.1) is 0 Å². The second kappa shape index (κ2) is 8.65. The molecule has 2 aromatic rings. The zero-order chi connectivity index (χ0) is 24.0. The van der Waals surface area contributed by atoms with Gasteiger partial charge in [-0.05, 0) is 11.6 Å². The molecule has 0 aliphatic carbocycles. The van der Waals surface area contributed by atoms with Crippen LogP contribution in [0.4, 0.5) is 5.13 Å². The molecule has 11 nitrogen and oxygen atoms in total. The molecule has 1 aromatic carbocycles. The molecular weight excluding hydrogens is 482 g/mol. The number of carboxylic acid groups (broad SMARTS) is 1. The summed E-state index contributed by atoms with van der Waals surface area (Å²) in [6.07, 6.45) is 0.0671. The fourth-order valence-corrected chi connectivity index (χ4v) is 6.12. The molecule has 1 fully saturated rings. The Bertz CT molecular complexity index is 1230. The van der Waals surface area contributed by atoms with Crippen molar-refractivity contribution in [3.05, 3.63) is 52.2 Å². The summed E-state index contributed by atoms with van der Waals surface area (Å²) in [6, 6.07) is 6.60. The standard InChI is InChI=1S/C21H19N5O6S2/c1-31-25-14(11-8-34-21(22)23-11)17(27)24-15-18(28)26-16(20(29)30)10(7-33-19(15)26)13-6-9-4-2-3-5-12(9)32-13/h2-5,8,13,15,19H,6-7H2,1H3,(H2,22,23)(H,24,27)(H,29,30)/b25-14-/t13-,15-,19+/m0/s1. The van der Waals surface area contributed by atoms with Gasteiger partial charge in [0.1, 0.15) is 41.8 Å². The first kappa shape index (κ1) is 22.2. The van der Waals surface area contributed by atoms with Gasteiger partial charge >= 0.3 is 5.97 Å². The number of para-hydroxylation sites is 1. The number of carbonyl (C=O) groups excluding carboxylic acids is 2. The average molecular weight is 502 g/mol. The number of nitrogens with zero attached hydrogens (tertiary/aromatic N) is 3. The lowest BCUT2D eigenvalue weighted by atomic mass is 9.98. The molecule has 13 heteroatoms. The van der Waals surface area contributed by atoms with Crippen molar-refractivity contribution < 1.29 is 29.1 Å². The monoisotopic (exact) mass is 501 g/mol. The molecule has 1 saturated heterocycles. The number of hydrogen-bond acceptors (Lipinski definition) is 10. The van der Waals surface area contributed by atoms with Crippen molar-refractivity contribution in [1.82, 2.24) is 15.2 Å². The average Bonchev–Trinajstić information content (AvgIpc) is 3.45. The number of amides is 2. The lowest BCUT2D eigenvalue weighted by Crippen LogP contribution is -2.71. The highest BCUT2D eigenvalue weighted by Gasteiger charge is 2.55. The van der Waals surface area contributed by atoms with Gasteiger partial charge in [-0.25, -0.2) is 9.78 Å². The lowest BCUT2D eigenvalue weighted by molar-refractivity contribution is -0.150. The molecule has 34 heavy (non-hydrogen) atoms. The summed E-state index contributed by atoms with van der Waals surface area (Å²) in [5, 5.41) is 17.5. The van der Waals surface area contributed by atoms with Crippen LogP contribution in [-0.2, 0) is 25.6 Å². The van der Waals surface area contributed by atoms with E-state index in [2.05, 4.69) is 15.5 Å². The van der Waals surface area contributed by atoms with Gasteiger partial charge in [0.15, 0.2) is 10.8 Å². The largest absolute Gasteiger partial charge is 0.485 e. The number of nitrogens with two attached hydrogens (primary N) is 1. The van der Waals surface area contributed by atoms with Crippen molar-refractivity contribution in [2.75, 3.05) is 18.6 Å². The molecule has 0 saturated carbocycles.